The number of hydrogen-bond donors (Lipinski definition) is 0. The molecule has 2 rings (SSSR count). The van der Waals surface area contributed by atoms with Gasteiger partial charge < -0.3 is 0 Å². The lowest BCUT2D eigenvalue weighted by Crippen LogP contribution is -1.92. The average Bonchev–Trinajstić information content (AvgIpc) is 2.57. The summed E-state index contributed by atoms with van der Waals surface area (Å²) >= 11 is 19.7. The molecule has 0 aliphatic heterocycles. The molecule has 0 fully saturated rings. The van der Waals surface area contributed by atoms with Crippen LogP contribution in [-0.4, -0.2) is 0 Å². The van der Waals surface area contributed by atoms with Crippen LogP contribution in [0.15, 0.2) is 30.3 Å². The van der Waals surface area contributed by atoms with E-state index in [1.165, 1.54) is 16.9 Å². The van der Waals surface area contributed by atoms with Gasteiger partial charge in [-0.2, -0.15) is 0 Å². The average molecular weight is 292 g/mol. The summed E-state index contributed by atoms with van der Waals surface area (Å²) in [5.74, 6) is 0. The lowest BCUT2D eigenvalue weighted by Gasteiger charge is -2.09. The van der Waals surface area contributed by atoms with Gasteiger partial charge in [0.25, 0.3) is 0 Å². The molecule has 2 aromatic rings. The van der Waals surface area contributed by atoms with Crippen LogP contribution in [0.4, 0.5) is 0 Å². The minimum atomic E-state index is -0.240. The molecule has 0 bridgehead atoms. The van der Waals surface area contributed by atoms with Gasteiger partial charge in [0, 0.05) is 5.56 Å². The van der Waals surface area contributed by atoms with E-state index in [2.05, 4.69) is 6.07 Å². The Morgan fingerprint density at radius 1 is 1.19 bits per heavy atom. The van der Waals surface area contributed by atoms with Crippen LogP contribution in [0.1, 0.15) is 22.1 Å². The van der Waals surface area contributed by atoms with E-state index in [1.807, 2.05) is 31.2 Å². The Kier molecular flexibility index (Phi) is 3.81. The molecule has 1 heterocycles. The fourth-order valence-electron chi connectivity index (χ4n) is 1.53. The number of halogens is 3. The van der Waals surface area contributed by atoms with E-state index in [0.717, 1.165) is 11.1 Å². The first-order valence-corrected chi connectivity index (χ1v) is 6.74. The molecular weight excluding hydrogens is 283 g/mol. The van der Waals surface area contributed by atoms with Crippen molar-refractivity contribution in [2.45, 2.75) is 12.3 Å². The second-order valence-electron chi connectivity index (χ2n) is 3.56. The van der Waals surface area contributed by atoms with Crippen LogP contribution in [0.3, 0.4) is 0 Å². The number of aryl methyl sites for hydroxylation is 1. The molecule has 0 N–H and O–H groups in total. The summed E-state index contributed by atoms with van der Waals surface area (Å²) in [6.07, 6.45) is 0. The Morgan fingerprint density at radius 3 is 2.50 bits per heavy atom. The highest BCUT2D eigenvalue weighted by Crippen LogP contribution is 2.40. The molecule has 84 valence electrons. The molecule has 4 heteroatoms. The summed E-state index contributed by atoms with van der Waals surface area (Å²) in [4.78, 5) is 0. The molecule has 0 amide bonds. The van der Waals surface area contributed by atoms with E-state index >= 15 is 0 Å². The first-order valence-electron chi connectivity index (χ1n) is 4.73. The zero-order valence-corrected chi connectivity index (χ0v) is 11.6. The smallest absolute Gasteiger partial charge is 0.0994 e. The predicted molar refractivity (Wildman–Crippen MR) is 73.2 cm³/mol. The molecule has 0 saturated carbocycles. The molecule has 0 aliphatic rings. The van der Waals surface area contributed by atoms with E-state index in [1.54, 1.807) is 0 Å². The van der Waals surface area contributed by atoms with Gasteiger partial charge in [-0.15, -0.1) is 22.9 Å². The minimum Gasteiger partial charge on any atom is -0.113 e. The summed E-state index contributed by atoms with van der Waals surface area (Å²) < 4.78 is 1.32. The maximum Gasteiger partial charge on any atom is 0.0994 e. The van der Waals surface area contributed by atoms with Gasteiger partial charge in [0.05, 0.1) is 14.0 Å². The second-order valence-corrected chi connectivity index (χ2v) is 6.28. The van der Waals surface area contributed by atoms with Crippen LogP contribution in [-0.2, 0) is 0 Å². The minimum absolute atomic E-state index is 0.240. The third-order valence-corrected chi connectivity index (χ3v) is 4.30. The van der Waals surface area contributed by atoms with Crippen LogP contribution in [0.25, 0.3) is 0 Å². The molecule has 1 unspecified atom stereocenters. The molecular formula is C12H9Cl3S. The van der Waals surface area contributed by atoms with Crippen LogP contribution < -0.4 is 0 Å². The summed E-state index contributed by atoms with van der Waals surface area (Å²) in [5.41, 5.74) is 3.10. The SMILES string of the molecule is Cc1cccc(C(Cl)c2cc(Cl)sc2Cl)c1. The summed E-state index contributed by atoms with van der Waals surface area (Å²) in [6.45, 7) is 2.04. The van der Waals surface area contributed by atoms with E-state index in [9.17, 15) is 0 Å². The quantitative estimate of drug-likeness (QED) is 0.623. The Hall–Kier alpha value is -0.210. The first kappa shape index (κ1) is 12.3. The highest BCUT2D eigenvalue weighted by molar-refractivity contribution is 7.20. The normalized spacial score (nSPS) is 12.8. The monoisotopic (exact) mass is 290 g/mol. The fraction of sp³-hybridized carbons (Fsp3) is 0.167. The van der Waals surface area contributed by atoms with Crippen LogP contribution >= 0.6 is 46.1 Å². The zero-order valence-electron chi connectivity index (χ0n) is 8.51. The van der Waals surface area contributed by atoms with Gasteiger partial charge in [-0.3, -0.25) is 0 Å². The van der Waals surface area contributed by atoms with Gasteiger partial charge in [0.1, 0.15) is 0 Å². The lowest BCUT2D eigenvalue weighted by atomic mass is 10.1. The first-order chi connectivity index (χ1) is 7.58. The molecule has 0 nitrogen and oxygen atoms in total. The molecule has 16 heavy (non-hydrogen) atoms. The van der Waals surface area contributed by atoms with Crippen molar-refractivity contribution in [3.8, 4) is 0 Å². The molecule has 1 aromatic heterocycles. The zero-order chi connectivity index (χ0) is 11.7. The van der Waals surface area contributed by atoms with Crippen molar-refractivity contribution in [2.24, 2.45) is 0 Å². The number of alkyl halides is 1. The number of benzene rings is 1. The van der Waals surface area contributed by atoms with Crippen LogP contribution in [0.5, 0.6) is 0 Å². The van der Waals surface area contributed by atoms with Gasteiger partial charge in [-0.25, -0.2) is 0 Å². The molecule has 1 aromatic carbocycles. The van der Waals surface area contributed by atoms with Crippen molar-refractivity contribution < 1.29 is 0 Å². The van der Waals surface area contributed by atoms with Gasteiger partial charge in [-0.1, -0.05) is 53.0 Å². The van der Waals surface area contributed by atoms with Crippen molar-refractivity contribution in [2.75, 3.05) is 0 Å². The van der Waals surface area contributed by atoms with Gasteiger partial charge in [-0.05, 0) is 18.6 Å². The third-order valence-electron chi connectivity index (χ3n) is 2.29. The van der Waals surface area contributed by atoms with Crippen LogP contribution in [0, 0.1) is 6.92 Å². The second kappa shape index (κ2) is 4.97. The number of rotatable bonds is 2. The van der Waals surface area contributed by atoms with E-state index in [0.29, 0.717) is 8.67 Å². The van der Waals surface area contributed by atoms with Crippen LogP contribution in [0.2, 0.25) is 8.67 Å². The van der Waals surface area contributed by atoms with E-state index in [4.69, 9.17) is 34.8 Å². The van der Waals surface area contributed by atoms with Gasteiger partial charge >= 0.3 is 0 Å². The maximum atomic E-state index is 6.39. The third kappa shape index (κ3) is 2.54. The maximum absolute atomic E-state index is 6.39. The Labute approximate surface area is 114 Å². The highest BCUT2D eigenvalue weighted by atomic mass is 35.5. The number of thiophene rings is 1. The summed E-state index contributed by atoms with van der Waals surface area (Å²) in [7, 11) is 0. The van der Waals surface area contributed by atoms with E-state index in [-0.39, 0.29) is 5.38 Å². The van der Waals surface area contributed by atoms with Crippen molar-refractivity contribution >= 4 is 46.1 Å². The summed E-state index contributed by atoms with van der Waals surface area (Å²) in [6, 6.07) is 9.90. The molecule has 0 saturated heterocycles. The van der Waals surface area contributed by atoms with Gasteiger partial charge in [0.15, 0.2) is 0 Å². The largest absolute Gasteiger partial charge is 0.113 e. The summed E-state index contributed by atoms with van der Waals surface area (Å²) in [5, 5.41) is -0.240. The highest BCUT2D eigenvalue weighted by Gasteiger charge is 2.17. The Balaban J connectivity index is 2.38. The molecule has 0 radical (unpaired) electrons. The topological polar surface area (TPSA) is 0 Å². The lowest BCUT2D eigenvalue weighted by molar-refractivity contribution is 1.15. The van der Waals surface area contributed by atoms with Crippen molar-refractivity contribution in [1.29, 1.82) is 0 Å². The Bertz CT molecular complexity index is 505. The fourth-order valence-corrected chi connectivity index (χ4v) is 3.49. The van der Waals surface area contributed by atoms with Crippen molar-refractivity contribution in [3.05, 3.63) is 55.7 Å². The van der Waals surface area contributed by atoms with E-state index < -0.39 is 0 Å². The predicted octanol–water partition coefficient (Wildman–Crippen LogP) is 5.69. The van der Waals surface area contributed by atoms with Crippen molar-refractivity contribution in [3.63, 3.8) is 0 Å². The van der Waals surface area contributed by atoms with Crippen molar-refractivity contribution in [1.82, 2.24) is 0 Å². The Morgan fingerprint density at radius 2 is 1.94 bits per heavy atom. The molecule has 0 aliphatic carbocycles. The van der Waals surface area contributed by atoms with Gasteiger partial charge in [0.2, 0.25) is 0 Å². The number of hydrogen-bond acceptors (Lipinski definition) is 1. The molecule has 0 spiro atoms. The standard InChI is InChI=1S/C12H9Cl3S/c1-7-3-2-4-8(5-7)11(14)9-6-10(13)16-12(9)15/h2-6,11H,1H3. The molecule has 1 atom stereocenters.